The van der Waals surface area contributed by atoms with Crippen LogP contribution in [0.3, 0.4) is 0 Å². The van der Waals surface area contributed by atoms with Gasteiger partial charge in [0.05, 0.1) is 23.7 Å². The zero-order chi connectivity index (χ0) is 34.0. The van der Waals surface area contributed by atoms with E-state index < -0.39 is 59.8 Å². The first-order chi connectivity index (χ1) is 21.3. The zero-order valence-electron chi connectivity index (χ0n) is 24.8. The molecule has 3 aromatic rings. The first kappa shape index (κ1) is 35.0. The van der Waals surface area contributed by atoms with Crippen molar-refractivity contribution >= 4 is 11.9 Å². The van der Waals surface area contributed by atoms with Gasteiger partial charge in [0.1, 0.15) is 0 Å². The van der Waals surface area contributed by atoms with E-state index in [-0.39, 0.29) is 36.0 Å². The summed E-state index contributed by atoms with van der Waals surface area (Å²) < 4.78 is 123. The Labute approximate surface area is 258 Å². The highest BCUT2D eigenvalue weighted by molar-refractivity contribution is 5.74. The van der Waals surface area contributed by atoms with Crippen molar-refractivity contribution in [1.82, 2.24) is 25.1 Å². The largest absolute Gasteiger partial charge is 0.416 e. The molecule has 0 bridgehead atoms. The number of carbonyl (C=O) groups excluding carboxylic acids is 1. The molecule has 1 fully saturated rings. The third kappa shape index (κ3) is 8.67. The maximum absolute atomic E-state index is 13.9. The molecule has 8 nitrogen and oxygen atoms in total. The average molecular weight is 666 g/mol. The van der Waals surface area contributed by atoms with Crippen LogP contribution in [0.2, 0.25) is 0 Å². The van der Waals surface area contributed by atoms with Gasteiger partial charge in [-0.05, 0) is 90.5 Å². The number of anilines is 1. The average Bonchev–Trinajstić information content (AvgIpc) is 3.39. The topological polar surface area (TPSA) is 93.2 Å². The van der Waals surface area contributed by atoms with Gasteiger partial charge in [-0.25, -0.2) is 0 Å². The van der Waals surface area contributed by atoms with E-state index in [4.69, 9.17) is 5.73 Å². The number of amides is 1. The highest BCUT2D eigenvalue weighted by atomic mass is 19.4. The highest BCUT2D eigenvalue weighted by Gasteiger charge is 2.38. The predicted molar refractivity (Wildman–Crippen MR) is 148 cm³/mol. The Morgan fingerprint density at radius 2 is 1.50 bits per heavy atom. The molecule has 252 valence electrons. The van der Waals surface area contributed by atoms with Crippen LogP contribution >= 0.6 is 0 Å². The normalized spacial score (nSPS) is 16.1. The molecule has 17 heteroatoms. The van der Waals surface area contributed by atoms with E-state index in [1.165, 1.54) is 18.0 Å². The molecule has 0 aliphatic carbocycles. The number of primary amides is 1. The Balaban J connectivity index is 1.76. The number of halogens is 9. The Bertz CT molecular complexity index is 1480. The predicted octanol–water partition coefficient (Wildman–Crippen LogP) is 6.51. The van der Waals surface area contributed by atoms with Gasteiger partial charge >= 0.3 is 18.5 Å². The number of nitrogens with two attached hydrogens (primary N) is 1. The van der Waals surface area contributed by atoms with Crippen molar-refractivity contribution in [2.45, 2.75) is 70.3 Å². The standard InChI is InChI=1S/C29H32F9N7O/c1-3-24(44-8-6-17(7-9-44)12-25(39)46)23-5-4-20(27(30,31)32)13-19(23)16-45(26-40-42-43(2)41-26)15-18-10-21(28(33,34)35)14-22(11-18)29(36,37)38/h4-5,10-11,13-14,17,24H,3,6-9,12,15-16H2,1-2H3,(H2,39,46). The SMILES string of the molecule is CCC(c1ccc(C(F)(F)F)cc1CN(Cc1cc(C(F)(F)F)cc(C(F)(F)F)c1)c1nnn(C)n1)N1CCC(CC(N)=O)CC1. The summed E-state index contributed by atoms with van der Waals surface area (Å²) in [6, 6.07) is 3.93. The van der Waals surface area contributed by atoms with E-state index in [0.29, 0.717) is 50.0 Å². The van der Waals surface area contributed by atoms with Gasteiger partial charge in [-0.1, -0.05) is 18.1 Å². The molecular weight excluding hydrogens is 633 g/mol. The fraction of sp³-hybridized carbons (Fsp3) is 0.517. The van der Waals surface area contributed by atoms with E-state index in [2.05, 4.69) is 20.3 Å². The summed E-state index contributed by atoms with van der Waals surface area (Å²) in [4.78, 5) is 15.7. The van der Waals surface area contributed by atoms with E-state index in [1.807, 2.05) is 6.92 Å². The second kappa shape index (κ2) is 13.5. The van der Waals surface area contributed by atoms with Crippen molar-refractivity contribution < 1.29 is 44.3 Å². The first-order valence-electron chi connectivity index (χ1n) is 14.3. The third-order valence-electron chi connectivity index (χ3n) is 7.96. The van der Waals surface area contributed by atoms with E-state index in [0.717, 1.165) is 16.9 Å². The van der Waals surface area contributed by atoms with Crippen LogP contribution in [0.15, 0.2) is 36.4 Å². The number of rotatable bonds is 10. The number of hydrogen-bond acceptors (Lipinski definition) is 6. The van der Waals surface area contributed by atoms with Crippen molar-refractivity contribution in [2.75, 3.05) is 18.0 Å². The molecular formula is C29H32F9N7O. The third-order valence-corrected chi connectivity index (χ3v) is 7.96. The number of piperidine rings is 1. The van der Waals surface area contributed by atoms with Gasteiger partial charge in [0.15, 0.2) is 0 Å². The summed E-state index contributed by atoms with van der Waals surface area (Å²) in [5, 5.41) is 11.6. The minimum atomic E-state index is -5.10. The number of carbonyl (C=O) groups is 1. The Hall–Kier alpha value is -3.89. The fourth-order valence-corrected chi connectivity index (χ4v) is 5.81. The maximum atomic E-state index is 13.9. The van der Waals surface area contributed by atoms with Crippen LogP contribution in [-0.4, -0.2) is 44.1 Å². The number of tetrazole rings is 1. The van der Waals surface area contributed by atoms with Gasteiger partial charge in [0, 0.05) is 25.6 Å². The molecule has 0 saturated carbocycles. The van der Waals surface area contributed by atoms with Crippen LogP contribution in [0.4, 0.5) is 45.5 Å². The summed E-state index contributed by atoms with van der Waals surface area (Å²) in [5.74, 6) is -0.556. The van der Waals surface area contributed by atoms with Crippen molar-refractivity contribution in [2.24, 2.45) is 18.7 Å². The summed E-state index contributed by atoms with van der Waals surface area (Å²) >= 11 is 0. The van der Waals surface area contributed by atoms with Crippen molar-refractivity contribution in [3.05, 3.63) is 69.8 Å². The first-order valence-corrected chi connectivity index (χ1v) is 14.3. The van der Waals surface area contributed by atoms with Gasteiger partial charge < -0.3 is 10.6 Å². The number of alkyl halides is 9. The lowest BCUT2D eigenvalue weighted by Crippen LogP contribution is -2.38. The molecule has 1 aliphatic rings. The van der Waals surface area contributed by atoms with Crippen LogP contribution < -0.4 is 10.6 Å². The molecule has 1 aromatic heterocycles. The second-order valence-electron chi connectivity index (χ2n) is 11.3. The molecule has 1 saturated heterocycles. The van der Waals surface area contributed by atoms with Crippen LogP contribution in [0.25, 0.3) is 0 Å². The van der Waals surface area contributed by atoms with E-state index >= 15 is 0 Å². The second-order valence-corrected chi connectivity index (χ2v) is 11.3. The molecule has 2 aromatic carbocycles. The highest BCUT2D eigenvalue weighted by Crippen LogP contribution is 2.39. The number of hydrogen-bond donors (Lipinski definition) is 1. The zero-order valence-corrected chi connectivity index (χ0v) is 24.8. The van der Waals surface area contributed by atoms with Gasteiger partial charge in [0.25, 0.3) is 5.95 Å². The van der Waals surface area contributed by atoms with Gasteiger partial charge in [-0.2, -0.15) is 44.3 Å². The van der Waals surface area contributed by atoms with Crippen molar-refractivity contribution in [3.8, 4) is 0 Å². The minimum absolute atomic E-state index is 0.00220. The fourth-order valence-electron chi connectivity index (χ4n) is 5.81. The van der Waals surface area contributed by atoms with E-state index in [9.17, 15) is 44.3 Å². The Morgan fingerprint density at radius 1 is 0.913 bits per heavy atom. The lowest BCUT2D eigenvalue weighted by atomic mass is 9.89. The maximum Gasteiger partial charge on any atom is 0.416 e. The summed E-state index contributed by atoms with van der Waals surface area (Å²) in [5.41, 5.74) is 1.52. The molecule has 2 heterocycles. The van der Waals surface area contributed by atoms with Gasteiger partial charge in [-0.15, -0.1) is 5.10 Å². The molecule has 2 N–H and O–H groups in total. The van der Waals surface area contributed by atoms with Crippen molar-refractivity contribution in [1.29, 1.82) is 0 Å². The number of aryl methyl sites for hydroxylation is 1. The molecule has 1 aliphatic heterocycles. The molecule has 1 unspecified atom stereocenters. The van der Waals surface area contributed by atoms with Gasteiger partial charge in [0.2, 0.25) is 5.91 Å². The number of aromatic nitrogens is 4. The Morgan fingerprint density at radius 3 is 1.98 bits per heavy atom. The summed E-state index contributed by atoms with van der Waals surface area (Å²) in [6.45, 7) is 1.93. The molecule has 4 rings (SSSR count). The number of likely N-dealkylation sites (tertiary alicyclic amines) is 1. The van der Waals surface area contributed by atoms with Gasteiger partial charge in [-0.3, -0.25) is 9.69 Å². The van der Waals surface area contributed by atoms with Crippen LogP contribution in [0, 0.1) is 5.92 Å². The summed E-state index contributed by atoms with van der Waals surface area (Å²) in [7, 11) is 1.38. The van der Waals surface area contributed by atoms with Crippen LogP contribution in [-0.2, 0) is 43.5 Å². The smallest absolute Gasteiger partial charge is 0.370 e. The number of nitrogens with zero attached hydrogens (tertiary/aromatic N) is 6. The lowest BCUT2D eigenvalue weighted by molar-refractivity contribution is -0.143. The molecule has 1 atom stereocenters. The van der Waals surface area contributed by atoms with Crippen LogP contribution in [0.1, 0.15) is 72.0 Å². The monoisotopic (exact) mass is 665 g/mol. The van der Waals surface area contributed by atoms with E-state index in [1.54, 1.807) is 0 Å². The lowest BCUT2D eigenvalue weighted by Gasteiger charge is -2.38. The molecule has 1 amide bonds. The Kier molecular flexibility index (Phi) is 10.2. The van der Waals surface area contributed by atoms with Crippen molar-refractivity contribution in [3.63, 3.8) is 0 Å². The number of benzene rings is 2. The molecule has 0 spiro atoms. The summed E-state index contributed by atoms with van der Waals surface area (Å²) in [6.07, 6.45) is -12.9. The quantitative estimate of drug-likeness (QED) is 0.248. The molecule has 0 radical (unpaired) electrons. The molecule has 46 heavy (non-hydrogen) atoms. The van der Waals surface area contributed by atoms with Crippen LogP contribution in [0.5, 0.6) is 0 Å². The minimum Gasteiger partial charge on any atom is -0.370 e.